The Morgan fingerprint density at radius 2 is 1.75 bits per heavy atom. The first-order chi connectivity index (χ1) is 15.5. The Morgan fingerprint density at radius 3 is 2.38 bits per heavy atom. The van der Waals surface area contributed by atoms with Crippen LogP contribution in [0.5, 0.6) is 5.19 Å². The van der Waals surface area contributed by atoms with E-state index in [0.29, 0.717) is 29.5 Å². The zero-order chi connectivity index (χ0) is 22.9. The maximum Gasteiger partial charge on any atom is 0.308 e. The van der Waals surface area contributed by atoms with E-state index in [0.717, 1.165) is 16.7 Å². The fourth-order valence-electron chi connectivity index (χ4n) is 3.46. The molecule has 0 aliphatic heterocycles. The number of aromatic nitrogens is 1. The second-order valence-electron chi connectivity index (χ2n) is 7.52. The van der Waals surface area contributed by atoms with Gasteiger partial charge in [-0.05, 0) is 36.5 Å². The van der Waals surface area contributed by atoms with Gasteiger partial charge in [-0.15, -0.1) is 0 Å². The van der Waals surface area contributed by atoms with Crippen molar-refractivity contribution in [1.29, 1.82) is 0 Å². The van der Waals surface area contributed by atoms with Gasteiger partial charge >= 0.3 is 5.97 Å². The Morgan fingerprint density at radius 1 is 1.06 bits per heavy atom. The molecule has 0 saturated carbocycles. The maximum absolute atomic E-state index is 12.8. The van der Waals surface area contributed by atoms with E-state index in [9.17, 15) is 9.59 Å². The van der Waals surface area contributed by atoms with Gasteiger partial charge in [0.1, 0.15) is 4.88 Å². The van der Waals surface area contributed by atoms with Crippen LogP contribution >= 0.6 is 11.3 Å². The number of carbonyl (C=O) groups is 2. The molecule has 2 atom stereocenters. The van der Waals surface area contributed by atoms with Gasteiger partial charge in [0.05, 0.1) is 25.8 Å². The highest BCUT2D eigenvalue weighted by Crippen LogP contribution is 2.22. The number of hydrogen-bond acceptors (Lipinski definition) is 6. The molecular formula is C25H28N2O4S. The largest absolute Gasteiger partial charge is 0.473 e. The summed E-state index contributed by atoms with van der Waals surface area (Å²) < 4.78 is 10.2. The summed E-state index contributed by atoms with van der Waals surface area (Å²) >= 11 is 1.19. The normalized spacial score (nSPS) is 12.6. The number of carbonyl (C=O) groups excluding carboxylic acids is 2. The third-order valence-electron chi connectivity index (χ3n) is 5.09. The second kappa shape index (κ2) is 11.4. The number of esters is 1. The highest BCUT2D eigenvalue weighted by molar-refractivity contribution is 7.15. The fraction of sp³-hybridized carbons (Fsp3) is 0.320. The molecule has 0 saturated heterocycles. The summed E-state index contributed by atoms with van der Waals surface area (Å²) in [7, 11) is 1.52. The van der Waals surface area contributed by atoms with E-state index in [2.05, 4.69) is 46.7 Å². The van der Waals surface area contributed by atoms with Crippen molar-refractivity contribution in [3.8, 4) is 16.3 Å². The molecule has 1 N–H and O–H groups in total. The number of ether oxygens (including phenoxy) is 2. The van der Waals surface area contributed by atoms with E-state index < -0.39 is 0 Å². The van der Waals surface area contributed by atoms with Crippen molar-refractivity contribution in [1.82, 2.24) is 10.3 Å². The number of amides is 1. The van der Waals surface area contributed by atoms with E-state index in [-0.39, 0.29) is 23.8 Å². The van der Waals surface area contributed by atoms with Gasteiger partial charge in [0, 0.05) is 6.04 Å². The molecular weight excluding hydrogens is 424 g/mol. The van der Waals surface area contributed by atoms with Crippen LogP contribution in [0.2, 0.25) is 0 Å². The van der Waals surface area contributed by atoms with Crippen LogP contribution < -0.4 is 10.1 Å². The average molecular weight is 453 g/mol. The Balaban J connectivity index is 1.73. The summed E-state index contributed by atoms with van der Waals surface area (Å²) in [6, 6.07) is 18.2. The first-order valence-electron chi connectivity index (χ1n) is 10.6. The van der Waals surface area contributed by atoms with Crippen molar-refractivity contribution < 1.29 is 19.1 Å². The molecule has 7 heteroatoms. The number of methoxy groups -OCH3 is 1. The highest BCUT2D eigenvalue weighted by atomic mass is 32.1. The van der Waals surface area contributed by atoms with Crippen LogP contribution in [0.3, 0.4) is 0 Å². The standard InChI is InChI=1S/C25H28N2O4S/c1-4-31-24(29)17(2)14-21(27-23(28)22-16-26-25(30-3)32-22)15-18-10-12-20(13-11-18)19-8-6-5-7-9-19/h5-13,16-17,21H,4,14-15H2,1-3H3,(H,27,28)/t17-,21+/m1/s1. The van der Waals surface area contributed by atoms with Crippen molar-refractivity contribution in [2.45, 2.75) is 32.7 Å². The number of benzene rings is 2. The smallest absolute Gasteiger partial charge is 0.308 e. The summed E-state index contributed by atoms with van der Waals surface area (Å²) in [5, 5.41) is 3.49. The average Bonchev–Trinajstić information content (AvgIpc) is 3.30. The molecule has 2 aromatic carbocycles. The SMILES string of the molecule is CCOC(=O)[C@H](C)C[C@@H](Cc1ccc(-c2ccccc2)cc1)NC(=O)c1cnc(OC)s1. The van der Waals surface area contributed by atoms with E-state index in [1.165, 1.54) is 24.6 Å². The van der Waals surface area contributed by atoms with Crippen molar-refractivity contribution >= 4 is 23.2 Å². The minimum atomic E-state index is -0.333. The predicted molar refractivity (Wildman–Crippen MR) is 126 cm³/mol. The van der Waals surface area contributed by atoms with Crippen LogP contribution in [0.4, 0.5) is 0 Å². The number of thiazole rings is 1. The molecule has 6 nitrogen and oxygen atoms in total. The lowest BCUT2D eigenvalue weighted by Crippen LogP contribution is -2.38. The summed E-state index contributed by atoms with van der Waals surface area (Å²) in [6.45, 7) is 3.95. The quantitative estimate of drug-likeness (QED) is 0.449. The third kappa shape index (κ3) is 6.40. The molecule has 0 aliphatic rings. The van der Waals surface area contributed by atoms with Crippen LogP contribution in [0.25, 0.3) is 11.1 Å². The minimum Gasteiger partial charge on any atom is -0.473 e. The molecule has 0 aliphatic carbocycles. The molecule has 1 amide bonds. The number of rotatable bonds is 10. The highest BCUT2D eigenvalue weighted by Gasteiger charge is 2.23. The van der Waals surface area contributed by atoms with E-state index in [1.807, 2.05) is 25.1 Å². The van der Waals surface area contributed by atoms with E-state index in [4.69, 9.17) is 9.47 Å². The minimum absolute atomic E-state index is 0.229. The lowest BCUT2D eigenvalue weighted by Gasteiger charge is -2.21. The molecule has 3 rings (SSSR count). The number of hydrogen-bond donors (Lipinski definition) is 1. The first kappa shape index (κ1) is 23.5. The molecule has 1 heterocycles. The van der Waals surface area contributed by atoms with E-state index >= 15 is 0 Å². The molecule has 0 unspecified atom stereocenters. The molecule has 168 valence electrons. The van der Waals surface area contributed by atoms with Crippen LogP contribution in [-0.4, -0.2) is 36.6 Å². The fourth-order valence-corrected chi connectivity index (χ4v) is 4.10. The summed E-state index contributed by atoms with van der Waals surface area (Å²) in [5.74, 6) is -0.821. The lowest BCUT2D eigenvalue weighted by molar-refractivity contribution is -0.147. The van der Waals surface area contributed by atoms with Gasteiger partial charge in [-0.25, -0.2) is 4.98 Å². The van der Waals surface area contributed by atoms with Crippen molar-refractivity contribution in [2.75, 3.05) is 13.7 Å². The predicted octanol–water partition coefficient (Wildman–Crippen LogP) is 4.75. The van der Waals surface area contributed by atoms with Crippen molar-refractivity contribution in [2.24, 2.45) is 5.92 Å². The summed E-state index contributed by atoms with van der Waals surface area (Å²) in [5.41, 5.74) is 3.36. The van der Waals surface area contributed by atoms with Gasteiger partial charge < -0.3 is 14.8 Å². The molecule has 1 aromatic heterocycles. The lowest BCUT2D eigenvalue weighted by atomic mass is 9.95. The van der Waals surface area contributed by atoms with Crippen LogP contribution in [0, 0.1) is 5.92 Å². The van der Waals surface area contributed by atoms with E-state index in [1.54, 1.807) is 6.92 Å². The zero-order valence-corrected chi connectivity index (χ0v) is 19.4. The van der Waals surface area contributed by atoms with Gasteiger partial charge in [-0.2, -0.15) is 0 Å². The Bertz CT molecular complexity index is 1020. The molecule has 0 spiro atoms. The molecule has 32 heavy (non-hydrogen) atoms. The summed E-state index contributed by atoms with van der Waals surface area (Å²) in [6.07, 6.45) is 2.57. The molecule has 0 bridgehead atoms. The monoisotopic (exact) mass is 452 g/mol. The maximum atomic E-state index is 12.8. The van der Waals surface area contributed by atoms with Crippen LogP contribution in [0.1, 0.15) is 35.5 Å². The Labute approximate surface area is 192 Å². The van der Waals surface area contributed by atoms with Gasteiger partial charge in [0.25, 0.3) is 11.1 Å². The summed E-state index contributed by atoms with van der Waals surface area (Å²) in [4.78, 5) is 29.5. The topological polar surface area (TPSA) is 77.5 Å². The van der Waals surface area contributed by atoms with Gasteiger partial charge in [-0.1, -0.05) is 72.9 Å². The van der Waals surface area contributed by atoms with Gasteiger partial charge in [0.15, 0.2) is 0 Å². The number of nitrogens with zero attached hydrogens (tertiary/aromatic N) is 1. The van der Waals surface area contributed by atoms with Gasteiger partial charge in [-0.3, -0.25) is 9.59 Å². The van der Waals surface area contributed by atoms with Gasteiger partial charge in [0.2, 0.25) is 0 Å². The van der Waals surface area contributed by atoms with Crippen LogP contribution in [0.15, 0.2) is 60.8 Å². The van der Waals surface area contributed by atoms with Crippen LogP contribution in [-0.2, 0) is 16.0 Å². The Hall–Kier alpha value is -3.19. The Kier molecular flexibility index (Phi) is 8.39. The third-order valence-corrected chi connectivity index (χ3v) is 6.05. The molecule has 3 aromatic rings. The molecule has 0 fully saturated rings. The van der Waals surface area contributed by atoms with Crippen molar-refractivity contribution in [3.05, 3.63) is 71.2 Å². The van der Waals surface area contributed by atoms with Crippen molar-refractivity contribution in [3.63, 3.8) is 0 Å². The number of nitrogens with one attached hydrogen (secondary N) is 1. The molecule has 0 radical (unpaired) electrons. The first-order valence-corrected chi connectivity index (χ1v) is 11.4. The second-order valence-corrected chi connectivity index (χ2v) is 8.51. The zero-order valence-electron chi connectivity index (χ0n) is 18.5.